The first-order valence-electron chi connectivity index (χ1n) is 7.04. The number of hydrogen-bond donors (Lipinski definition) is 3. The summed E-state index contributed by atoms with van der Waals surface area (Å²) < 4.78 is 1.41. The summed E-state index contributed by atoms with van der Waals surface area (Å²) in [6.45, 7) is 0. The highest BCUT2D eigenvalue weighted by Crippen LogP contribution is 2.30. The van der Waals surface area contributed by atoms with Crippen molar-refractivity contribution < 1.29 is 5.11 Å². The normalized spacial score (nSPS) is 11.1. The summed E-state index contributed by atoms with van der Waals surface area (Å²) in [5.41, 5.74) is 4.26. The molecule has 0 saturated carbocycles. The number of anilines is 1. The summed E-state index contributed by atoms with van der Waals surface area (Å²) >= 11 is 8.11. The number of halogens is 2. The van der Waals surface area contributed by atoms with Gasteiger partial charge in [0.15, 0.2) is 0 Å². The maximum atomic E-state index is 9.97. The van der Waals surface area contributed by atoms with E-state index in [9.17, 15) is 5.11 Å². The van der Waals surface area contributed by atoms with E-state index in [-0.39, 0.29) is 5.75 Å². The lowest BCUT2D eigenvalue weighted by Gasteiger charge is -2.02. The zero-order valence-electron chi connectivity index (χ0n) is 12.6. The third-order valence-electron chi connectivity index (χ3n) is 2.97. The number of phenolic OH excluding ortho intramolecular Hbond substituents is 1. The van der Waals surface area contributed by atoms with Crippen molar-refractivity contribution in [1.82, 2.24) is 20.2 Å². The summed E-state index contributed by atoms with van der Waals surface area (Å²) in [6.07, 6.45) is 3.25. The minimum atomic E-state index is 0.109. The summed E-state index contributed by atoms with van der Waals surface area (Å²) in [5, 5.41) is 21.5. The van der Waals surface area contributed by atoms with Gasteiger partial charge in [0.1, 0.15) is 5.75 Å². The first kappa shape index (κ1) is 17.9. The number of benzene rings is 1. The highest BCUT2D eigenvalue weighted by Gasteiger charge is 2.06. The molecule has 128 valence electrons. The molecule has 0 saturated heterocycles. The van der Waals surface area contributed by atoms with Gasteiger partial charge in [0, 0.05) is 22.0 Å². The maximum Gasteiger partial charge on any atom is 0.240 e. The third-order valence-corrected chi connectivity index (χ3v) is 4.92. The number of rotatable bonds is 6. The molecule has 2 aromatic heterocycles. The SMILES string of the molecule is Oc1c(Br)cc(Br)cc1C=NNc1nc(SCc2ccccn2)n[nH]1. The Hall–Kier alpha value is -1.91. The van der Waals surface area contributed by atoms with Gasteiger partial charge in [-0.15, -0.1) is 5.10 Å². The maximum absolute atomic E-state index is 9.97. The van der Waals surface area contributed by atoms with Crippen molar-refractivity contribution in [1.29, 1.82) is 0 Å². The molecule has 0 aliphatic carbocycles. The predicted molar refractivity (Wildman–Crippen MR) is 105 cm³/mol. The molecule has 0 spiro atoms. The molecule has 10 heteroatoms. The molecule has 0 fully saturated rings. The Bertz CT molecular complexity index is 887. The fraction of sp³-hybridized carbons (Fsp3) is 0.0667. The second-order valence-electron chi connectivity index (χ2n) is 4.77. The number of H-pyrrole nitrogens is 1. The van der Waals surface area contributed by atoms with Crippen molar-refractivity contribution in [3.8, 4) is 5.75 Å². The van der Waals surface area contributed by atoms with E-state index < -0.39 is 0 Å². The van der Waals surface area contributed by atoms with Crippen LogP contribution in [0.2, 0.25) is 0 Å². The van der Waals surface area contributed by atoms with Gasteiger partial charge >= 0.3 is 0 Å². The molecule has 0 bridgehead atoms. The Morgan fingerprint density at radius 2 is 2.20 bits per heavy atom. The van der Waals surface area contributed by atoms with Crippen molar-refractivity contribution in [2.45, 2.75) is 10.9 Å². The second kappa shape index (κ2) is 8.45. The lowest BCUT2D eigenvalue weighted by molar-refractivity contribution is 0.471. The molecule has 7 nitrogen and oxygen atoms in total. The fourth-order valence-electron chi connectivity index (χ4n) is 1.83. The van der Waals surface area contributed by atoms with Crippen LogP contribution in [0.15, 0.2) is 55.7 Å². The number of pyridine rings is 1. The van der Waals surface area contributed by atoms with Crippen LogP contribution >= 0.6 is 43.6 Å². The lowest BCUT2D eigenvalue weighted by Crippen LogP contribution is -1.93. The summed E-state index contributed by atoms with van der Waals surface area (Å²) in [4.78, 5) is 8.53. The standard InChI is InChI=1S/C15H12Br2N6OS/c16-10-5-9(13(24)12(17)6-10)7-19-21-14-20-15(23-22-14)25-8-11-3-1-2-4-18-11/h1-7,24H,8H2,(H2,20,21,22,23). The van der Waals surface area contributed by atoms with Crippen LogP contribution in [0.5, 0.6) is 5.75 Å². The van der Waals surface area contributed by atoms with E-state index in [1.54, 1.807) is 18.3 Å². The topological polar surface area (TPSA) is 99.1 Å². The highest BCUT2D eigenvalue weighted by molar-refractivity contribution is 9.11. The van der Waals surface area contributed by atoms with Gasteiger partial charge in [-0.25, -0.2) is 10.5 Å². The fourth-order valence-corrected chi connectivity index (χ4v) is 3.80. The molecule has 25 heavy (non-hydrogen) atoms. The Morgan fingerprint density at radius 3 is 3.00 bits per heavy atom. The summed E-state index contributed by atoms with van der Waals surface area (Å²) in [6, 6.07) is 9.27. The van der Waals surface area contributed by atoms with E-state index in [2.05, 4.69) is 62.6 Å². The molecular weight excluding hydrogens is 472 g/mol. The molecule has 0 aliphatic rings. The molecule has 0 amide bonds. The number of aromatic hydroxyl groups is 1. The zero-order chi connectivity index (χ0) is 17.6. The predicted octanol–water partition coefficient (Wildman–Crippen LogP) is 4.17. The zero-order valence-corrected chi connectivity index (χ0v) is 16.6. The molecule has 0 unspecified atom stereocenters. The van der Waals surface area contributed by atoms with Crippen LogP contribution in [0.25, 0.3) is 0 Å². The number of hydrogen-bond acceptors (Lipinski definition) is 7. The van der Waals surface area contributed by atoms with E-state index in [0.717, 1.165) is 10.2 Å². The van der Waals surface area contributed by atoms with Gasteiger partial charge in [0.2, 0.25) is 11.1 Å². The molecular formula is C15H12Br2N6OS. The monoisotopic (exact) mass is 482 g/mol. The number of nitrogens with zero attached hydrogens (tertiary/aromatic N) is 4. The molecule has 3 N–H and O–H groups in total. The average molecular weight is 484 g/mol. The Kier molecular flexibility index (Phi) is 6.05. The quantitative estimate of drug-likeness (QED) is 0.276. The van der Waals surface area contributed by atoms with Gasteiger partial charge in [-0.05, 0) is 40.2 Å². The molecule has 0 radical (unpaired) electrons. The molecule has 0 atom stereocenters. The molecule has 3 aromatic rings. The highest BCUT2D eigenvalue weighted by atomic mass is 79.9. The van der Waals surface area contributed by atoms with Gasteiger partial charge in [-0.1, -0.05) is 33.8 Å². The van der Waals surface area contributed by atoms with Crippen LogP contribution in [0.1, 0.15) is 11.3 Å². The first-order valence-corrected chi connectivity index (χ1v) is 9.61. The van der Waals surface area contributed by atoms with Crippen LogP contribution in [0.4, 0.5) is 5.95 Å². The van der Waals surface area contributed by atoms with Crippen molar-refractivity contribution in [3.05, 3.63) is 56.7 Å². The third kappa shape index (κ3) is 5.03. The van der Waals surface area contributed by atoms with Gasteiger partial charge < -0.3 is 5.11 Å². The van der Waals surface area contributed by atoms with Gasteiger partial charge in [-0.3, -0.25) is 4.98 Å². The van der Waals surface area contributed by atoms with Crippen LogP contribution in [0, 0.1) is 0 Å². The minimum Gasteiger partial charge on any atom is -0.506 e. The van der Waals surface area contributed by atoms with Gasteiger partial charge in [0.25, 0.3) is 0 Å². The van der Waals surface area contributed by atoms with Crippen LogP contribution in [-0.2, 0) is 5.75 Å². The number of aromatic nitrogens is 4. The number of phenols is 1. The summed E-state index contributed by atoms with van der Waals surface area (Å²) in [5.74, 6) is 1.20. The van der Waals surface area contributed by atoms with Crippen molar-refractivity contribution in [2.24, 2.45) is 5.10 Å². The lowest BCUT2D eigenvalue weighted by atomic mass is 10.2. The second-order valence-corrected chi connectivity index (χ2v) is 7.48. The van der Waals surface area contributed by atoms with Crippen molar-refractivity contribution >= 4 is 55.8 Å². The molecule has 1 aromatic carbocycles. The van der Waals surface area contributed by atoms with Gasteiger partial charge in [0.05, 0.1) is 16.4 Å². The van der Waals surface area contributed by atoms with E-state index in [1.807, 2.05) is 18.2 Å². The van der Waals surface area contributed by atoms with Crippen molar-refractivity contribution in [2.75, 3.05) is 5.43 Å². The molecule has 0 aliphatic heterocycles. The smallest absolute Gasteiger partial charge is 0.240 e. The van der Waals surface area contributed by atoms with E-state index in [0.29, 0.717) is 26.9 Å². The Morgan fingerprint density at radius 1 is 1.32 bits per heavy atom. The number of nitrogens with one attached hydrogen (secondary N) is 2. The van der Waals surface area contributed by atoms with Crippen molar-refractivity contribution in [3.63, 3.8) is 0 Å². The molecule has 2 heterocycles. The molecule has 3 rings (SSSR count). The van der Waals surface area contributed by atoms with Crippen LogP contribution < -0.4 is 5.43 Å². The van der Waals surface area contributed by atoms with Gasteiger partial charge in [-0.2, -0.15) is 10.1 Å². The van der Waals surface area contributed by atoms with Crippen LogP contribution in [-0.4, -0.2) is 31.5 Å². The van der Waals surface area contributed by atoms with E-state index in [4.69, 9.17) is 0 Å². The average Bonchev–Trinajstić information content (AvgIpc) is 3.06. The van der Waals surface area contributed by atoms with Crippen LogP contribution in [0.3, 0.4) is 0 Å². The van der Waals surface area contributed by atoms with E-state index in [1.165, 1.54) is 18.0 Å². The largest absolute Gasteiger partial charge is 0.506 e. The van der Waals surface area contributed by atoms with E-state index >= 15 is 0 Å². The minimum absolute atomic E-state index is 0.109. The number of thioether (sulfide) groups is 1. The Labute approximate surface area is 164 Å². The number of aromatic amines is 1. The first-order chi connectivity index (χ1) is 12.1. The Balaban J connectivity index is 1.58. The number of hydrazone groups is 1. The summed E-state index contributed by atoms with van der Waals surface area (Å²) in [7, 11) is 0.